The Morgan fingerprint density at radius 1 is 0.947 bits per heavy atom. The highest BCUT2D eigenvalue weighted by Crippen LogP contribution is 2.30. The molecule has 0 bridgehead atoms. The van der Waals surface area contributed by atoms with Gasteiger partial charge in [0.1, 0.15) is 0 Å². The van der Waals surface area contributed by atoms with Crippen molar-refractivity contribution >= 4 is 11.6 Å². The summed E-state index contributed by atoms with van der Waals surface area (Å²) >= 11 is 0. The SMILES string of the molecule is OC1=C(c2ccccc2)C[C@@H]2C=c3ccccc3=[N+]12. The van der Waals surface area contributed by atoms with E-state index in [1.54, 1.807) is 0 Å². The summed E-state index contributed by atoms with van der Waals surface area (Å²) in [7, 11) is 0. The molecule has 92 valence electrons. The van der Waals surface area contributed by atoms with E-state index in [2.05, 4.69) is 30.3 Å². The van der Waals surface area contributed by atoms with Gasteiger partial charge in [-0.1, -0.05) is 42.5 Å². The highest BCUT2D eigenvalue weighted by atomic mass is 16.3. The molecule has 0 fully saturated rings. The normalized spacial score (nSPS) is 20.2. The summed E-state index contributed by atoms with van der Waals surface area (Å²) in [5, 5.41) is 12.9. The van der Waals surface area contributed by atoms with Gasteiger partial charge in [0.2, 0.25) is 5.36 Å². The Morgan fingerprint density at radius 3 is 2.53 bits per heavy atom. The fourth-order valence-corrected chi connectivity index (χ4v) is 3.06. The molecular weight excluding hydrogens is 234 g/mol. The fourth-order valence-electron chi connectivity index (χ4n) is 3.06. The zero-order valence-electron chi connectivity index (χ0n) is 10.5. The van der Waals surface area contributed by atoms with Crippen LogP contribution in [0.4, 0.5) is 0 Å². The van der Waals surface area contributed by atoms with Crippen molar-refractivity contribution in [1.82, 2.24) is 4.58 Å². The van der Waals surface area contributed by atoms with Gasteiger partial charge in [0.25, 0.3) is 0 Å². The molecule has 19 heavy (non-hydrogen) atoms. The quantitative estimate of drug-likeness (QED) is 0.762. The molecule has 0 radical (unpaired) electrons. The van der Waals surface area contributed by atoms with Crippen LogP contribution in [0.2, 0.25) is 0 Å². The zero-order valence-corrected chi connectivity index (χ0v) is 10.5. The molecular formula is C17H14NO+. The van der Waals surface area contributed by atoms with Crippen LogP contribution in [0.1, 0.15) is 12.0 Å². The average molecular weight is 248 g/mol. The first kappa shape index (κ1) is 10.6. The van der Waals surface area contributed by atoms with Crippen LogP contribution in [0.5, 0.6) is 0 Å². The van der Waals surface area contributed by atoms with E-state index in [1.165, 1.54) is 5.22 Å². The van der Waals surface area contributed by atoms with Crippen molar-refractivity contribution in [3.63, 3.8) is 0 Å². The number of rotatable bonds is 1. The monoisotopic (exact) mass is 248 g/mol. The van der Waals surface area contributed by atoms with E-state index in [4.69, 9.17) is 0 Å². The summed E-state index contributed by atoms with van der Waals surface area (Å²) in [6.07, 6.45) is 3.10. The van der Waals surface area contributed by atoms with Crippen molar-refractivity contribution in [2.45, 2.75) is 12.5 Å². The number of nitrogens with zero attached hydrogens (tertiary/aromatic N) is 1. The van der Waals surface area contributed by atoms with Gasteiger partial charge in [-0.2, -0.15) is 4.58 Å². The van der Waals surface area contributed by atoms with E-state index in [0.717, 1.165) is 22.9 Å². The molecule has 0 spiro atoms. The molecule has 2 heteroatoms. The highest BCUT2D eigenvalue weighted by molar-refractivity contribution is 5.72. The molecule has 2 heterocycles. The van der Waals surface area contributed by atoms with Gasteiger partial charge in [0.05, 0.1) is 5.57 Å². The van der Waals surface area contributed by atoms with Gasteiger partial charge in [-0.3, -0.25) is 0 Å². The Labute approximate surface area is 111 Å². The van der Waals surface area contributed by atoms with E-state index in [1.807, 2.05) is 34.9 Å². The number of para-hydroxylation sites is 1. The van der Waals surface area contributed by atoms with Crippen LogP contribution in [0.15, 0.2) is 60.5 Å². The maximum absolute atomic E-state index is 10.5. The summed E-state index contributed by atoms with van der Waals surface area (Å²) in [4.78, 5) is 0. The Kier molecular flexibility index (Phi) is 2.12. The molecule has 4 rings (SSSR count). The summed E-state index contributed by atoms with van der Waals surface area (Å²) in [6, 6.07) is 18.6. The third kappa shape index (κ3) is 1.46. The van der Waals surface area contributed by atoms with Gasteiger partial charge in [0.15, 0.2) is 6.04 Å². The number of benzene rings is 2. The fraction of sp³-hybridized carbons (Fsp3) is 0.118. The second-order valence-corrected chi connectivity index (χ2v) is 5.04. The van der Waals surface area contributed by atoms with Crippen molar-refractivity contribution in [3.8, 4) is 0 Å². The first-order valence-electron chi connectivity index (χ1n) is 6.55. The summed E-state index contributed by atoms with van der Waals surface area (Å²) < 4.78 is 2.04. The van der Waals surface area contributed by atoms with E-state index in [0.29, 0.717) is 5.88 Å². The second-order valence-electron chi connectivity index (χ2n) is 5.04. The number of aliphatic hydroxyl groups excluding tert-OH is 1. The van der Waals surface area contributed by atoms with E-state index in [-0.39, 0.29) is 6.04 Å². The summed E-state index contributed by atoms with van der Waals surface area (Å²) in [6.45, 7) is 0. The van der Waals surface area contributed by atoms with Crippen LogP contribution in [-0.4, -0.2) is 11.1 Å². The molecule has 0 aromatic heterocycles. The molecule has 0 unspecified atom stereocenters. The third-order valence-electron chi connectivity index (χ3n) is 3.93. The van der Waals surface area contributed by atoms with Crippen molar-refractivity contribution in [1.29, 1.82) is 0 Å². The first-order valence-corrected chi connectivity index (χ1v) is 6.55. The van der Waals surface area contributed by atoms with Crippen molar-refractivity contribution in [2.24, 2.45) is 0 Å². The van der Waals surface area contributed by atoms with E-state index in [9.17, 15) is 5.11 Å². The average Bonchev–Trinajstić information content (AvgIpc) is 2.97. The van der Waals surface area contributed by atoms with Gasteiger partial charge in [0, 0.05) is 17.7 Å². The van der Waals surface area contributed by atoms with Crippen LogP contribution >= 0.6 is 0 Å². The molecule has 2 aliphatic rings. The minimum atomic E-state index is 0.257. The number of fused-ring (bicyclic) bond motifs is 2. The van der Waals surface area contributed by atoms with Crippen molar-refractivity contribution < 1.29 is 5.11 Å². The Hall–Kier alpha value is -2.35. The first-order chi connectivity index (χ1) is 9.34. The lowest BCUT2D eigenvalue weighted by Crippen LogP contribution is -2.34. The largest absolute Gasteiger partial charge is 0.460 e. The van der Waals surface area contributed by atoms with Gasteiger partial charge in [-0.25, -0.2) is 0 Å². The van der Waals surface area contributed by atoms with Crippen LogP contribution < -0.4 is 15.2 Å². The number of hydrogen-bond acceptors (Lipinski definition) is 1. The van der Waals surface area contributed by atoms with E-state index < -0.39 is 0 Å². The molecule has 0 saturated carbocycles. The molecule has 1 atom stereocenters. The van der Waals surface area contributed by atoms with Crippen LogP contribution in [0.25, 0.3) is 11.6 Å². The van der Waals surface area contributed by atoms with Gasteiger partial charge < -0.3 is 5.11 Å². The lowest BCUT2D eigenvalue weighted by atomic mass is 10.0. The lowest BCUT2D eigenvalue weighted by molar-refractivity contribution is 0.346. The highest BCUT2D eigenvalue weighted by Gasteiger charge is 2.39. The molecule has 2 aliphatic heterocycles. The Balaban J connectivity index is 1.96. The third-order valence-corrected chi connectivity index (χ3v) is 3.93. The van der Waals surface area contributed by atoms with Crippen LogP contribution in [-0.2, 0) is 0 Å². The predicted octanol–water partition coefficient (Wildman–Crippen LogP) is 1.67. The Bertz CT molecular complexity index is 803. The standard InChI is InChI=1S/C17H13NO/c19-17-15(12-6-2-1-3-7-12)11-14-10-13-8-4-5-9-16(13)18(14)17/h1-10,14H,11H2/p+1/t14-/m0/s1. The summed E-state index contributed by atoms with van der Waals surface area (Å²) in [5.41, 5.74) is 2.15. The van der Waals surface area contributed by atoms with Crippen molar-refractivity contribution in [2.75, 3.05) is 0 Å². The molecule has 0 saturated heterocycles. The Morgan fingerprint density at radius 2 is 1.68 bits per heavy atom. The molecule has 1 N–H and O–H groups in total. The maximum Gasteiger partial charge on any atom is 0.370 e. The van der Waals surface area contributed by atoms with Gasteiger partial charge >= 0.3 is 5.88 Å². The topological polar surface area (TPSA) is 23.2 Å². The molecule has 2 aromatic carbocycles. The molecule has 2 aromatic rings. The second kappa shape index (κ2) is 3.82. The van der Waals surface area contributed by atoms with Crippen molar-refractivity contribution in [3.05, 3.63) is 76.6 Å². The van der Waals surface area contributed by atoms with Gasteiger partial charge in [-0.05, 0) is 17.7 Å². The van der Waals surface area contributed by atoms with Crippen LogP contribution in [0.3, 0.4) is 0 Å². The zero-order chi connectivity index (χ0) is 12.8. The molecule has 2 nitrogen and oxygen atoms in total. The van der Waals surface area contributed by atoms with Gasteiger partial charge in [-0.15, -0.1) is 0 Å². The summed E-state index contributed by atoms with van der Waals surface area (Å²) in [5.74, 6) is 0.400. The molecule has 0 aliphatic carbocycles. The minimum absolute atomic E-state index is 0.257. The number of hydrogen-bond donors (Lipinski definition) is 1. The number of aliphatic hydroxyl groups is 1. The van der Waals surface area contributed by atoms with E-state index >= 15 is 0 Å². The predicted molar refractivity (Wildman–Crippen MR) is 75.8 cm³/mol. The minimum Gasteiger partial charge on any atom is -0.460 e. The van der Waals surface area contributed by atoms with Crippen LogP contribution in [0, 0.1) is 0 Å². The smallest absolute Gasteiger partial charge is 0.370 e. The molecule has 0 amide bonds. The lowest BCUT2D eigenvalue weighted by Gasteiger charge is -1.97. The maximum atomic E-state index is 10.5.